The summed E-state index contributed by atoms with van der Waals surface area (Å²) in [6.45, 7) is 0. The summed E-state index contributed by atoms with van der Waals surface area (Å²) >= 11 is 5.09. The van der Waals surface area contributed by atoms with E-state index in [0.29, 0.717) is 17.5 Å². The molecule has 0 saturated heterocycles. The molecule has 5 nitrogen and oxygen atoms in total. The summed E-state index contributed by atoms with van der Waals surface area (Å²) in [6.07, 6.45) is 4.56. The molecule has 0 radical (unpaired) electrons. The van der Waals surface area contributed by atoms with E-state index in [9.17, 15) is 0 Å². The van der Waals surface area contributed by atoms with Crippen LogP contribution in [-0.2, 0) is 18.6 Å². The molecule has 0 fully saturated rings. The summed E-state index contributed by atoms with van der Waals surface area (Å²) in [4.78, 5) is 4.95. The fourth-order valence-electron chi connectivity index (χ4n) is 3.60. The van der Waals surface area contributed by atoms with E-state index in [1.807, 2.05) is 30.3 Å². The number of hydrogen-bond acceptors (Lipinski definition) is 5. The first-order valence-corrected chi connectivity index (χ1v) is 11.4. The number of para-hydroxylation sites is 1. The normalized spacial score (nSPS) is 13.4. The minimum atomic E-state index is 0.541. The van der Waals surface area contributed by atoms with Crippen LogP contribution in [0.1, 0.15) is 30.1 Å². The van der Waals surface area contributed by atoms with Gasteiger partial charge in [0, 0.05) is 21.4 Å². The number of nitrogens with zero attached hydrogens (tertiary/aromatic N) is 4. The molecule has 2 aromatic heterocycles. The van der Waals surface area contributed by atoms with Crippen molar-refractivity contribution < 1.29 is 4.42 Å². The number of thioether (sulfide) groups is 1. The van der Waals surface area contributed by atoms with Crippen molar-refractivity contribution in [2.45, 2.75) is 36.6 Å². The average Bonchev–Trinajstić information content (AvgIpc) is 3.38. The van der Waals surface area contributed by atoms with Crippen LogP contribution in [-0.4, -0.2) is 19.7 Å². The Morgan fingerprint density at radius 3 is 2.59 bits per heavy atom. The molecule has 29 heavy (non-hydrogen) atoms. The van der Waals surface area contributed by atoms with Gasteiger partial charge in [-0.1, -0.05) is 45.9 Å². The Labute approximate surface area is 181 Å². The molecule has 7 heteroatoms. The van der Waals surface area contributed by atoms with E-state index in [1.165, 1.54) is 24.2 Å². The van der Waals surface area contributed by atoms with Crippen molar-refractivity contribution in [2.24, 2.45) is 0 Å². The molecule has 2 heterocycles. The van der Waals surface area contributed by atoms with E-state index in [2.05, 4.69) is 55.0 Å². The maximum absolute atomic E-state index is 5.88. The SMILES string of the molecule is Brc1ccc(-c2nnc(CSc3nc4c(n3-c3ccccc3)CCCC4)o2)cc1. The van der Waals surface area contributed by atoms with Crippen LogP contribution in [0.5, 0.6) is 0 Å². The van der Waals surface area contributed by atoms with Gasteiger partial charge in [0.1, 0.15) is 0 Å². The number of fused-ring (bicyclic) bond motifs is 1. The summed E-state index contributed by atoms with van der Waals surface area (Å²) < 4.78 is 9.20. The van der Waals surface area contributed by atoms with Crippen molar-refractivity contribution >= 4 is 27.7 Å². The van der Waals surface area contributed by atoms with Crippen molar-refractivity contribution in [3.05, 3.63) is 76.3 Å². The third kappa shape index (κ3) is 3.89. The summed E-state index contributed by atoms with van der Waals surface area (Å²) in [5.74, 6) is 1.74. The number of rotatable bonds is 5. The third-order valence-electron chi connectivity index (χ3n) is 5.00. The van der Waals surface area contributed by atoms with E-state index < -0.39 is 0 Å². The maximum Gasteiger partial charge on any atom is 0.247 e. The molecule has 0 atom stereocenters. The molecule has 0 saturated carbocycles. The molecule has 0 unspecified atom stereocenters. The first kappa shape index (κ1) is 18.6. The molecular formula is C22H19BrN4OS. The lowest BCUT2D eigenvalue weighted by Gasteiger charge is -2.15. The zero-order chi connectivity index (χ0) is 19.6. The third-order valence-corrected chi connectivity index (χ3v) is 6.45. The molecule has 4 aromatic rings. The highest BCUT2D eigenvalue weighted by Gasteiger charge is 2.22. The minimum absolute atomic E-state index is 0.541. The van der Waals surface area contributed by atoms with Gasteiger partial charge in [0.25, 0.3) is 0 Å². The molecule has 0 N–H and O–H groups in total. The van der Waals surface area contributed by atoms with Gasteiger partial charge in [-0.3, -0.25) is 4.57 Å². The van der Waals surface area contributed by atoms with Crippen LogP contribution in [0.4, 0.5) is 0 Å². The summed E-state index contributed by atoms with van der Waals surface area (Å²) in [6, 6.07) is 18.3. The van der Waals surface area contributed by atoms with Crippen molar-refractivity contribution in [3.8, 4) is 17.1 Å². The van der Waals surface area contributed by atoms with Crippen molar-refractivity contribution in [1.29, 1.82) is 0 Å². The van der Waals surface area contributed by atoms with Gasteiger partial charge in [-0.25, -0.2) is 4.98 Å². The number of imidazole rings is 1. The predicted octanol–water partition coefficient (Wildman–Crippen LogP) is 5.86. The Balaban J connectivity index is 1.40. The zero-order valence-electron chi connectivity index (χ0n) is 15.7. The van der Waals surface area contributed by atoms with Gasteiger partial charge in [-0.05, 0) is 62.1 Å². The quantitative estimate of drug-likeness (QED) is 0.345. The van der Waals surface area contributed by atoms with Crippen molar-refractivity contribution in [3.63, 3.8) is 0 Å². The fourth-order valence-corrected chi connectivity index (χ4v) is 4.76. The van der Waals surface area contributed by atoms with E-state index in [-0.39, 0.29) is 0 Å². The fraction of sp³-hybridized carbons (Fsp3) is 0.227. The smallest absolute Gasteiger partial charge is 0.247 e. The van der Waals surface area contributed by atoms with E-state index >= 15 is 0 Å². The van der Waals surface area contributed by atoms with Crippen LogP contribution >= 0.6 is 27.7 Å². The Morgan fingerprint density at radius 1 is 0.966 bits per heavy atom. The molecule has 0 aliphatic heterocycles. The van der Waals surface area contributed by atoms with Crippen LogP contribution in [0.2, 0.25) is 0 Å². The topological polar surface area (TPSA) is 56.7 Å². The summed E-state index contributed by atoms with van der Waals surface area (Å²) in [7, 11) is 0. The number of benzene rings is 2. The Morgan fingerprint density at radius 2 is 1.76 bits per heavy atom. The summed E-state index contributed by atoms with van der Waals surface area (Å²) in [5, 5.41) is 9.42. The molecule has 0 amide bonds. The molecule has 2 aromatic carbocycles. The van der Waals surface area contributed by atoms with Crippen LogP contribution < -0.4 is 0 Å². The first-order chi connectivity index (χ1) is 14.3. The highest BCUT2D eigenvalue weighted by molar-refractivity contribution is 9.10. The summed E-state index contributed by atoms with van der Waals surface area (Å²) in [5.41, 5.74) is 4.64. The molecule has 146 valence electrons. The van der Waals surface area contributed by atoms with E-state index in [4.69, 9.17) is 9.40 Å². The average molecular weight is 467 g/mol. The second-order valence-electron chi connectivity index (χ2n) is 6.96. The lowest BCUT2D eigenvalue weighted by atomic mass is 10.0. The maximum atomic E-state index is 5.88. The Hall–Kier alpha value is -2.38. The minimum Gasteiger partial charge on any atom is -0.420 e. The Bertz CT molecular complexity index is 1120. The second-order valence-corrected chi connectivity index (χ2v) is 8.82. The number of halogens is 1. The molecule has 1 aliphatic carbocycles. The van der Waals surface area contributed by atoms with Crippen LogP contribution in [0.25, 0.3) is 17.1 Å². The number of aromatic nitrogens is 4. The lowest BCUT2D eigenvalue weighted by molar-refractivity contribution is 0.528. The van der Waals surface area contributed by atoms with Gasteiger partial charge in [-0.15, -0.1) is 10.2 Å². The van der Waals surface area contributed by atoms with Gasteiger partial charge in [0.15, 0.2) is 5.16 Å². The largest absolute Gasteiger partial charge is 0.420 e. The molecule has 0 spiro atoms. The second kappa shape index (κ2) is 8.16. The van der Waals surface area contributed by atoms with Gasteiger partial charge in [-0.2, -0.15) is 0 Å². The monoisotopic (exact) mass is 466 g/mol. The van der Waals surface area contributed by atoms with Crippen molar-refractivity contribution in [2.75, 3.05) is 0 Å². The number of hydrogen-bond donors (Lipinski definition) is 0. The molecule has 0 bridgehead atoms. The standard InChI is InChI=1S/C22H19BrN4OS/c23-16-12-10-15(11-13-16)21-26-25-20(28-21)14-29-22-24-18-8-4-5-9-19(18)27(22)17-6-2-1-3-7-17/h1-3,6-7,10-13H,4-5,8-9,14H2. The molecular weight excluding hydrogens is 448 g/mol. The van der Waals surface area contributed by atoms with Crippen LogP contribution in [0, 0.1) is 0 Å². The molecule has 5 rings (SSSR count). The zero-order valence-corrected chi connectivity index (χ0v) is 18.1. The van der Waals surface area contributed by atoms with E-state index in [1.54, 1.807) is 11.8 Å². The van der Waals surface area contributed by atoms with Gasteiger partial charge in [0.05, 0.1) is 11.4 Å². The predicted molar refractivity (Wildman–Crippen MR) is 117 cm³/mol. The highest BCUT2D eigenvalue weighted by atomic mass is 79.9. The molecule has 1 aliphatic rings. The highest BCUT2D eigenvalue weighted by Crippen LogP contribution is 2.32. The Kier molecular flexibility index (Phi) is 5.24. The van der Waals surface area contributed by atoms with E-state index in [0.717, 1.165) is 33.7 Å². The van der Waals surface area contributed by atoms with Crippen molar-refractivity contribution in [1.82, 2.24) is 19.7 Å². The van der Waals surface area contributed by atoms with Gasteiger partial charge in [0.2, 0.25) is 11.8 Å². The first-order valence-electron chi connectivity index (χ1n) is 9.65. The van der Waals surface area contributed by atoms with Gasteiger partial charge >= 0.3 is 0 Å². The van der Waals surface area contributed by atoms with Crippen LogP contribution in [0.3, 0.4) is 0 Å². The van der Waals surface area contributed by atoms with Crippen LogP contribution in [0.15, 0.2) is 68.6 Å². The van der Waals surface area contributed by atoms with Gasteiger partial charge < -0.3 is 4.42 Å². The lowest BCUT2D eigenvalue weighted by Crippen LogP contribution is -2.07. The number of aryl methyl sites for hydroxylation is 1.